The number of benzene rings is 2. The number of rotatable bonds is 7. The zero-order chi connectivity index (χ0) is 18.2. The summed E-state index contributed by atoms with van der Waals surface area (Å²) in [6.45, 7) is 5.14. The third-order valence-electron chi connectivity index (χ3n) is 3.63. The lowest BCUT2D eigenvalue weighted by molar-refractivity contribution is -0.113. The van der Waals surface area contributed by atoms with Crippen LogP contribution in [0.5, 0.6) is 0 Å². The van der Waals surface area contributed by atoms with Crippen molar-refractivity contribution < 1.29 is 14.0 Å². The fraction of sp³-hybridized carbons (Fsp3) is 0.263. The Kier molecular flexibility index (Phi) is 7.01. The van der Waals surface area contributed by atoms with Crippen molar-refractivity contribution in [1.82, 2.24) is 4.90 Å². The maximum atomic E-state index is 12.9. The highest BCUT2D eigenvalue weighted by molar-refractivity contribution is 8.00. The summed E-state index contributed by atoms with van der Waals surface area (Å²) in [5.74, 6) is -0.327. The molecule has 0 spiro atoms. The van der Waals surface area contributed by atoms with Crippen LogP contribution in [0.3, 0.4) is 0 Å². The quantitative estimate of drug-likeness (QED) is 0.758. The molecule has 4 nitrogen and oxygen atoms in total. The van der Waals surface area contributed by atoms with Crippen molar-refractivity contribution in [3.63, 3.8) is 0 Å². The minimum absolute atomic E-state index is 0.0539. The summed E-state index contributed by atoms with van der Waals surface area (Å²) in [4.78, 5) is 27.0. The van der Waals surface area contributed by atoms with Gasteiger partial charge in [-0.25, -0.2) is 4.39 Å². The Morgan fingerprint density at radius 1 is 1.08 bits per heavy atom. The van der Waals surface area contributed by atoms with E-state index < -0.39 is 0 Å². The predicted molar refractivity (Wildman–Crippen MR) is 99.4 cm³/mol. The second-order valence-electron chi connectivity index (χ2n) is 5.35. The molecule has 132 valence electrons. The largest absolute Gasteiger partial charge is 0.339 e. The lowest BCUT2D eigenvalue weighted by Gasteiger charge is -2.19. The molecule has 2 amide bonds. The molecule has 0 aliphatic heterocycles. The summed E-state index contributed by atoms with van der Waals surface area (Å²) in [5.41, 5.74) is 1.13. The second-order valence-corrected chi connectivity index (χ2v) is 6.40. The Balaban J connectivity index is 1.95. The van der Waals surface area contributed by atoms with E-state index in [1.54, 1.807) is 41.3 Å². The van der Waals surface area contributed by atoms with Gasteiger partial charge in [0.05, 0.1) is 5.75 Å². The van der Waals surface area contributed by atoms with E-state index in [4.69, 9.17) is 0 Å². The van der Waals surface area contributed by atoms with E-state index in [2.05, 4.69) is 5.32 Å². The van der Waals surface area contributed by atoms with E-state index >= 15 is 0 Å². The Morgan fingerprint density at radius 3 is 2.40 bits per heavy atom. The number of hydrogen-bond acceptors (Lipinski definition) is 3. The van der Waals surface area contributed by atoms with Crippen LogP contribution in [-0.4, -0.2) is 35.6 Å². The van der Waals surface area contributed by atoms with Crippen molar-refractivity contribution in [3.8, 4) is 0 Å². The minimum atomic E-state index is -0.302. The summed E-state index contributed by atoms with van der Waals surface area (Å²) >= 11 is 1.33. The minimum Gasteiger partial charge on any atom is -0.339 e. The fourth-order valence-corrected chi connectivity index (χ4v) is 3.00. The van der Waals surface area contributed by atoms with Crippen LogP contribution >= 0.6 is 11.8 Å². The van der Waals surface area contributed by atoms with Crippen molar-refractivity contribution in [2.24, 2.45) is 0 Å². The molecule has 0 unspecified atom stereocenters. The molecule has 0 aromatic heterocycles. The Labute approximate surface area is 151 Å². The molecule has 0 atom stereocenters. The van der Waals surface area contributed by atoms with Gasteiger partial charge < -0.3 is 10.2 Å². The van der Waals surface area contributed by atoms with Crippen molar-refractivity contribution in [1.29, 1.82) is 0 Å². The second kappa shape index (κ2) is 9.22. The standard InChI is InChI=1S/C19H21FN2O2S/c1-3-22(4-2)19(24)14-6-5-7-16(12-14)21-18(23)13-25-17-10-8-15(20)9-11-17/h5-12H,3-4,13H2,1-2H3,(H,21,23). The summed E-state index contributed by atoms with van der Waals surface area (Å²) in [5, 5.41) is 2.79. The Hall–Kier alpha value is -2.34. The number of carbonyl (C=O) groups is 2. The summed E-state index contributed by atoms with van der Waals surface area (Å²) in [7, 11) is 0. The Morgan fingerprint density at radius 2 is 1.76 bits per heavy atom. The van der Waals surface area contributed by atoms with E-state index in [9.17, 15) is 14.0 Å². The van der Waals surface area contributed by atoms with Crippen LogP contribution in [0.2, 0.25) is 0 Å². The molecule has 1 N–H and O–H groups in total. The highest BCUT2D eigenvalue weighted by atomic mass is 32.2. The molecule has 0 aliphatic rings. The first-order valence-electron chi connectivity index (χ1n) is 8.11. The monoisotopic (exact) mass is 360 g/mol. The molecule has 2 rings (SSSR count). The lowest BCUT2D eigenvalue weighted by Crippen LogP contribution is -2.30. The van der Waals surface area contributed by atoms with Crippen molar-refractivity contribution in [2.45, 2.75) is 18.7 Å². The van der Waals surface area contributed by atoms with Crippen LogP contribution in [0.25, 0.3) is 0 Å². The van der Waals surface area contributed by atoms with Gasteiger partial charge in [0.15, 0.2) is 0 Å². The van der Waals surface area contributed by atoms with Crippen LogP contribution in [0, 0.1) is 5.82 Å². The third-order valence-corrected chi connectivity index (χ3v) is 4.64. The molecule has 0 heterocycles. The molecule has 0 bridgehead atoms. The molecule has 0 saturated heterocycles. The van der Waals surface area contributed by atoms with Gasteiger partial charge in [0.2, 0.25) is 5.91 Å². The first kappa shape index (κ1) is 19.0. The van der Waals surface area contributed by atoms with Gasteiger partial charge in [0.1, 0.15) is 5.82 Å². The van der Waals surface area contributed by atoms with Gasteiger partial charge in [-0.3, -0.25) is 9.59 Å². The van der Waals surface area contributed by atoms with Crippen LogP contribution in [0.1, 0.15) is 24.2 Å². The molecule has 2 aromatic carbocycles. The molecule has 25 heavy (non-hydrogen) atoms. The average Bonchev–Trinajstić information content (AvgIpc) is 2.62. The lowest BCUT2D eigenvalue weighted by atomic mass is 10.1. The smallest absolute Gasteiger partial charge is 0.253 e. The highest BCUT2D eigenvalue weighted by Crippen LogP contribution is 2.19. The average molecular weight is 360 g/mol. The van der Waals surface area contributed by atoms with E-state index in [1.165, 1.54) is 23.9 Å². The molecule has 2 aromatic rings. The fourth-order valence-electron chi connectivity index (χ4n) is 2.30. The van der Waals surface area contributed by atoms with E-state index in [0.717, 1.165) is 4.90 Å². The van der Waals surface area contributed by atoms with E-state index in [0.29, 0.717) is 24.3 Å². The van der Waals surface area contributed by atoms with E-state index in [1.807, 2.05) is 13.8 Å². The van der Waals surface area contributed by atoms with Gasteiger partial charge in [0, 0.05) is 29.2 Å². The molecule has 0 saturated carbocycles. The van der Waals surface area contributed by atoms with Gasteiger partial charge in [-0.15, -0.1) is 11.8 Å². The number of nitrogens with zero attached hydrogens (tertiary/aromatic N) is 1. The first-order chi connectivity index (χ1) is 12.0. The van der Waals surface area contributed by atoms with Gasteiger partial charge in [-0.2, -0.15) is 0 Å². The van der Waals surface area contributed by atoms with Crippen LogP contribution < -0.4 is 5.32 Å². The maximum absolute atomic E-state index is 12.9. The number of hydrogen-bond donors (Lipinski definition) is 1. The number of nitrogens with one attached hydrogen (secondary N) is 1. The van der Waals surface area contributed by atoms with Gasteiger partial charge >= 0.3 is 0 Å². The van der Waals surface area contributed by atoms with Crippen LogP contribution in [0.4, 0.5) is 10.1 Å². The molecule has 0 fully saturated rings. The zero-order valence-electron chi connectivity index (χ0n) is 14.3. The van der Waals surface area contributed by atoms with Crippen molar-refractivity contribution in [2.75, 3.05) is 24.2 Å². The molecular formula is C19H21FN2O2S. The SMILES string of the molecule is CCN(CC)C(=O)c1cccc(NC(=O)CSc2ccc(F)cc2)c1. The number of anilines is 1. The van der Waals surface area contributed by atoms with Crippen molar-refractivity contribution >= 4 is 29.3 Å². The van der Waals surface area contributed by atoms with Gasteiger partial charge in [0.25, 0.3) is 5.91 Å². The summed E-state index contributed by atoms with van der Waals surface area (Å²) in [6.07, 6.45) is 0. The summed E-state index contributed by atoms with van der Waals surface area (Å²) in [6, 6.07) is 12.9. The molecule has 0 aliphatic carbocycles. The molecule has 6 heteroatoms. The number of amides is 2. The van der Waals surface area contributed by atoms with Crippen molar-refractivity contribution in [3.05, 3.63) is 59.9 Å². The first-order valence-corrected chi connectivity index (χ1v) is 9.09. The van der Waals surface area contributed by atoms with Gasteiger partial charge in [-0.1, -0.05) is 6.07 Å². The number of carbonyl (C=O) groups excluding carboxylic acids is 2. The Bertz CT molecular complexity index is 730. The highest BCUT2D eigenvalue weighted by Gasteiger charge is 2.13. The maximum Gasteiger partial charge on any atom is 0.253 e. The molecular weight excluding hydrogens is 339 g/mol. The summed E-state index contributed by atoms with van der Waals surface area (Å²) < 4.78 is 12.9. The number of thioether (sulfide) groups is 1. The third kappa shape index (κ3) is 5.60. The zero-order valence-corrected chi connectivity index (χ0v) is 15.1. The van der Waals surface area contributed by atoms with Gasteiger partial charge in [-0.05, 0) is 56.3 Å². The number of halogens is 1. The van der Waals surface area contributed by atoms with E-state index in [-0.39, 0.29) is 23.4 Å². The predicted octanol–water partition coefficient (Wildman–Crippen LogP) is 4.04. The normalized spacial score (nSPS) is 10.4. The molecule has 0 radical (unpaired) electrons. The topological polar surface area (TPSA) is 49.4 Å². The van der Waals surface area contributed by atoms with Crippen LogP contribution in [0.15, 0.2) is 53.4 Å². The van der Waals surface area contributed by atoms with Crippen LogP contribution in [-0.2, 0) is 4.79 Å².